The van der Waals surface area contributed by atoms with Gasteiger partial charge < -0.3 is 19.9 Å². The summed E-state index contributed by atoms with van der Waals surface area (Å²) in [5, 5.41) is 14.4. The number of amides is 4. The summed E-state index contributed by atoms with van der Waals surface area (Å²) in [6.45, 7) is 10.3. The number of nitriles is 1. The van der Waals surface area contributed by atoms with Crippen LogP contribution >= 0.6 is 0 Å². The molecule has 260 valence electrons. The van der Waals surface area contributed by atoms with Crippen molar-refractivity contribution >= 4 is 55.8 Å². The molecule has 3 aromatic rings. The topological polar surface area (TPSA) is 157 Å². The van der Waals surface area contributed by atoms with E-state index in [0.29, 0.717) is 0 Å². The molecule has 0 saturated heterocycles. The van der Waals surface area contributed by atoms with Gasteiger partial charge in [-0.2, -0.15) is 5.26 Å². The number of carbonyl (C=O) groups excluding carboxylic acids is 4. The van der Waals surface area contributed by atoms with E-state index in [1.165, 1.54) is 35.9 Å². The Kier molecular flexibility index (Phi) is 10.7. The van der Waals surface area contributed by atoms with Gasteiger partial charge in [0, 0.05) is 13.3 Å². The second-order valence-corrected chi connectivity index (χ2v) is 15.5. The molecule has 0 fully saturated rings. The number of hydrogen-bond acceptors (Lipinski definition) is 8. The number of sulfone groups is 1. The highest BCUT2D eigenvalue weighted by molar-refractivity contribution is 7.91. The molecule has 3 aromatic carbocycles. The zero-order chi connectivity index (χ0) is 36.4. The van der Waals surface area contributed by atoms with Crippen LogP contribution in [0.4, 0.5) is 16.2 Å². The molecule has 0 unspecified atom stereocenters. The first-order valence-electron chi connectivity index (χ1n) is 16.0. The lowest BCUT2D eigenvalue weighted by molar-refractivity contribution is -0.131. The van der Waals surface area contributed by atoms with E-state index >= 15 is 0 Å². The van der Waals surface area contributed by atoms with Crippen LogP contribution in [0.15, 0.2) is 54.6 Å². The smallest absolute Gasteiger partial charge is 0.410 e. The van der Waals surface area contributed by atoms with Gasteiger partial charge in [-0.3, -0.25) is 19.3 Å². The van der Waals surface area contributed by atoms with Crippen molar-refractivity contribution in [1.29, 1.82) is 5.26 Å². The van der Waals surface area contributed by atoms with E-state index in [4.69, 9.17) is 4.74 Å². The summed E-state index contributed by atoms with van der Waals surface area (Å²) in [6.07, 6.45) is 0.376. The molecule has 49 heavy (non-hydrogen) atoms. The highest BCUT2D eigenvalue weighted by Gasteiger charge is 2.44. The molecule has 0 bridgehead atoms. The van der Waals surface area contributed by atoms with Crippen LogP contribution in [-0.2, 0) is 35.5 Å². The van der Waals surface area contributed by atoms with Gasteiger partial charge in [0.05, 0.1) is 35.6 Å². The molecule has 1 N–H and O–H groups in total. The van der Waals surface area contributed by atoms with Gasteiger partial charge >= 0.3 is 6.09 Å². The Balaban J connectivity index is 1.89. The van der Waals surface area contributed by atoms with E-state index in [1.807, 2.05) is 43.3 Å². The summed E-state index contributed by atoms with van der Waals surface area (Å²) in [4.78, 5) is 59.3. The zero-order valence-electron chi connectivity index (χ0n) is 29.1. The average Bonchev–Trinajstić information content (AvgIpc) is 3.09. The predicted octanol–water partition coefficient (Wildman–Crippen LogP) is 4.46. The summed E-state index contributed by atoms with van der Waals surface area (Å²) < 4.78 is 30.2. The number of hydrogen-bond donors (Lipinski definition) is 1. The molecule has 0 saturated carbocycles. The van der Waals surface area contributed by atoms with E-state index in [-0.39, 0.29) is 29.9 Å². The third-order valence-electron chi connectivity index (χ3n) is 8.46. The highest BCUT2D eigenvalue weighted by atomic mass is 32.2. The molecular weight excluding hydrogens is 646 g/mol. The maximum Gasteiger partial charge on any atom is 0.410 e. The highest BCUT2D eigenvalue weighted by Crippen LogP contribution is 2.38. The molecule has 0 radical (unpaired) electrons. The summed E-state index contributed by atoms with van der Waals surface area (Å²) in [7, 11) is -2.40. The number of likely N-dealkylation sites (N-methyl/N-ethyl adjacent to an activating group) is 1. The number of aryl methyl sites for hydroxylation is 1. The van der Waals surface area contributed by atoms with Gasteiger partial charge in [0.25, 0.3) is 5.91 Å². The van der Waals surface area contributed by atoms with E-state index in [1.54, 1.807) is 33.8 Å². The van der Waals surface area contributed by atoms with Crippen LogP contribution in [0.1, 0.15) is 57.7 Å². The van der Waals surface area contributed by atoms with Crippen LogP contribution < -0.4 is 15.1 Å². The van der Waals surface area contributed by atoms with Gasteiger partial charge in [-0.25, -0.2) is 13.2 Å². The van der Waals surface area contributed by atoms with Gasteiger partial charge in [-0.15, -0.1) is 0 Å². The standard InChI is InChI=1S/C36H43N5O7S/c1-9-28(39(7)35(45)48-36(4,5)6)33(43)38-32-23(3)41(31(42)21-49(8,46)47)30-18-24(19-37)15-17-29(30)40(34(32)44)20-27-22(2)14-16-25-12-10-11-13-26(25)27/h10-18,23,28,32H,9,20-21H2,1-8H3,(H,38,43)/t23-,28-,32-/m0/s1. The Morgan fingerprint density at radius 3 is 2.37 bits per heavy atom. The maximum atomic E-state index is 14.8. The first kappa shape index (κ1) is 36.9. The van der Waals surface area contributed by atoms with Gasteiger partial charge in [-0.1, -0.05) is 43.3 Å². The average molecular weight is 690 g/mol. The van der Waals surface area contributed by atoms with Crippen LogP contribution in [-0.4, -0.2) is 79.9 Å². The number of ether oxygens (including phenoxy) is 1. The molecule has 1 heterocycles. The van der Waals surface area contributed by atoms with Gasteiger partial charge in [0.15, 0.2) is 9.84 Å². The number of fused-ring (bicyclic) bond motifs is 2. The molecule has 4 rings (SSSR count). The van der Waals surface area contributed by atoms with Crippen molar-refractivity contribution in [3.05, 3.63) is 71.3 Å². The lowest BCUT2D eigenvalue weighted by atomic mass is 9.98. The van der Waals surface area contributed by atoms with Crippen LogP contribution in [0.2, 0.25) is 0 Å². The SMILES string of the molecule is CC[C@@H](C(=O)N[C@@H]1C(=O)N(Cc2c(C)ccc3ccccc23)c2ccc(C#N)cc2N(C(=O)CS(C)(=O)=O)[C@H]1C)N(C)C(=O)OC(C)(C)C. The second-order valence-electron chi connectivity index (χ2n) is 13.4. The predicted molar refractivity (Wildman–Crippen MR) is 188 cm³/mol. The summed E-state index contributed by atoms with van der Waals surface area (Å²) in [5.41, 5.74) is 1.51. The molecule has 1 aliphatic heterocycles. The number of rotatable bonds is 8. The van der Waals surface area contributed by atoms with E-state index in [0.717, 1.165) is 33.1 Å². The van der Waals surface area contributed by atoms with Gasteiger partial charge in [-0.05, 0) is 81.1 Å². The molecule has 13 heteroatoms. The van der Waals surface area contributed by atoms with Crippen molar-refractivity contribution in [1.82, 2.24) is 10.2 Å². The Labute approximate surface area is 287 Å². The quantitative estimate of drug-likeness (QED) is 0.363. The molecule has 4 amide bonds. The third kappa shape index (κ3) is 8.20. The Morgan fingerprint density at radius 2 is 1.76 bits per heavy atom. The molecule has 0 aromatic heterocycles. The number of carbonyl (C=O) groups is 4. The molecule has 12 nitrogen and oxygen atoms in total. The van der Waals surface area contributed by atoms with Crippen molar-refractivity contribution in [3.8, 4) is 6.07 Å². The Hall–Kier alpha value is -4.96. The van der Waals surface area contributed by atoms with Crippen molar-refractivity contribution < 1.29 is 32.3 Å². The van der Waals surface area contributed by atoms with E-state index < -0.39 is 63.1 Å². The van der Waals surface area contributed by atoms with E-state index in [9.17, 15) is 32.9 Å². The van der Waals surface area contributed by atoms with Gasteiger partial charge in [0.1, 0.15) is 23.4 Å². The van der Waals surface area contributed by atoms with E-state index in [2.05, 4.69) is 11.4 Å². The normalized spacial score (nSPS) is 17.1. The van der Waals surface area contributed by atoms with Crippen molar-refractivity contribution in [2.75, 3.05) is 28.9 Å². The first-order chi connectivity index (χ1) is 22.9. The fourth-order valence-electron chi connectivity index (χ4n) is 6.04. The van der Waals surface area contributed by atoms with Crippen molar-refractivity contribution in [2.24, 2.45) is 0 Å². The summed E-state index contributed by atoms with van der Waals surface area (Å²) in [6, 6.07) is 14.7. The number of anilines is 2. The van der Waals surface area contributed by atoms with Crippen LogP contribution in [0.25, 0.3) is 10.8 Å². The maximum absolute atomic E-state index is 14.8. The minimum absolute atomic E-state index is 0.0349. The molecule has 0 aliphatic carbocycles. The Bertz CT molecular complexity index is 1950. The number of benzene rings is 3. The number of nitrogens with zero attached hydrogens (tertiary/aromatic N) is 4. The minimum atomic E-state index is -3.83. The zero-order valence-corrected chi connectivity index (χ0v) is 29.9. The fourth-order valence-corrected chi connectivity index (χ4v) is 6.62. The fraction of sp³-hybridized carbons (Fsp3) is 0.417. The molecular formula is C36H43N5O7S. The summed E-state index contributed by atoms with van der Waals surface area (Å²) in [5.74, 6) is -2.94. The van der Waals surface area contributed by atoms with Crippen molar-refractivity contribution in [3.63, 3.8) is 0 Å². The lowest BCUT2D eigenvalue weighted by Crippen LogP contribution is -2.61. The molecule has 0 spiro atoms. The van der Waals surface area contributed by atoms with Crippen molar-refractivity contribution in [2.45, 2.75) is 78.2 Å². The lowest BCUT2D eigenvalue weighted by Gasteiger charge is -2.34. The molecule has 1 aliphatic rings. The first-order valence-corrected chi connectivity index (χ1v) is 18.0. The van der Waals surface area contributed by atoms with Crippen LogP contribution in [0.3, 0.4) is 0 Å². The monoisotopic (exact) mass is 689 g/mol. The minimum Gasteiger partial charge on any atom is -0.444 e. The number of nitrogens with one attached hydrogen (secondary N) is 1. The van der Waals surface area contributed by atoms with Crippen LogP contribution in [0, 0.1) is 18.3 Å². The van der Waals surface area contributed by atoms with Crippen LogP contribution in [0.5, 0.6) is 0 Å². The third-order valence-corrected chi connectivity index (χ3v) is 9.23. The summed E-state index contributed by atoms with van der Waals surface area (Å²) >= 11 is 0. The Morgan fingerprint density at radius 1 is 1.08 bits per heavy atom. The largest absolute Gasteiger partial charge is 0.444 e. The van der Waals surface area contributed by atoms with Gasteiger partial charge in [0.2, 0.25) is 11.8 Å². The second kappa shape index (κ2) is 14.3. The molecule has 3 atom stereocenters.